The van der Waals surface area contributed by atoms with Gasteiger partial charge in [-0.2, -0.15) is 0 Å². The number of carbonyl (C=O) groups is 3. The van der Waals surface area contributed by atoms with Crippen molar-refractivity contribution in [2.75, 3.05) is 26.4 Å². The first kappa shape index (κ1) is 80.7. The summed E-state index contributed by atoms with van der Waals surface area (Å²) in [7, 11) is -4.77. The fourth-order valence-electron chi connectivity index (χ4n) is 9.59. The van der Waals surface area contributed by atoms with Crippen molar-refractivity contribution in [3.05, 3.63) is 85.1 Å². The molecule has 0 fully saturated rings. The molecule has 0 saturated carbocycles. The first-order valence-electron chi connectivity index (χ1n) is 34.5. The van der Waals surface area contributed by atoms with Crippen molar-refractivity contribution in [2.24, 2.45) is 0 Å². The van der Waals surface area contributed by atoms with Crippen molar-refractivity contribution in [3.8, 4) is 0 Å². The molecule has 2 N–H and O–H groups in total. The molecule has 0 bridgehead atoms. The number of phosphoric ester groups is 1. The van der Waals surface area contributed by atoms with E-state index in [2.05, 4.69) is 106 Å². The van der Waals surface area contributed by atoms with Crippen LogP contribution in [0.2, 0.25) is 0 Å². The summed E-state index contributed by atoms with van der Waals surface area (Å²) in [6.45, 7) is 4.54. The quantitative estimate of drug-likeness (QED) is 0.0197. The lowest BCUT2D eigenvalue weighted by atomic mass is 10.0. The molecule has 0 aromatic rings. The van der Waals surface area contributed by atoms with Crippen molar-refractivity contribution in [1.82, 2.24) is 0 Å². The molecule has 0 aliphatic rings. The first-order chi connectivity index (χ1) is 41.2. The number of ether oxygens (including phenoxy) is 3. The van der Waals surface area contributed by atoms with Gasteiger partial charge in [-0.15, -0.1) is 0 Å². The Morgan fingerprint density at radius 1 is 0.345 bits per heavy atom. The van der Waals surface area contributed by atoms with Crippen LogP contribution in [0.25, 0.3) is 0 Å². The minimum Gasteiger partial charge on any atom is -0.462 e. The Hall–Kier alpha value is -3.34. The summed E-state index contributed by atoms with van der Waals surface area (Å²) in [5.74, 6) is -1.48. The number of aliphatic hydroxyl groups is 1. The molecule has 0 spiro atoms. The average Bonchev–Trinajstić information content (AvgIpc) is 3.53. The summed E-state index contributed by atoms with van der Waals surface area (Å²) in [6.07, 6.45) is 78.1. The van der Waals surface area contributed by atoms with E-state index in [1.807, 2.05) is 0 Å². The van der Waals surface area contributed by atoms with Gasteiger partial charge in [0.05, 0.1) is 19.8 Å². The highest BCUT2D eigenvalue weighted by atomic mass is 31.2. The lowest BCUT2D eigenvalue weighted by Crippen LogP contribution is -2.30. The van der Waals surface area contributed by atoms with Gasteiger partial charge in [-0.1, -0.05) is 286 Å². The van der Waals surface area contributed by atoms with Crippen LogP contribution in [-0.4, -0.2) is 66.5 Å². The van der Waals surface area contributed by atoms with E-state index >= 15 is 0 Å². The van der Waals surface area contributed by atoms with Gasteiger partial charge in [0.1, 0.15) is 12.7 Å². The maximum atomic E-state index is 13.0. The third kappa shape index (κ3) is 63.2. The Bertz CT molecular complexity index is 1730. The SMILES string of the molecule is CC/C=C\C/C=C\C/C=C\C/C=C\CCCCCCCCC(=O)OC(COC(=O)CCCCCCCCCCCCCCCCCCCCC)COP(=O)(O)OCC(CO)OC(=O)CCCCCCCC/C=C\C/C=C\C/C=C\CCCCC. The number of aliphatic hydroxyl groups excluding tert-OH is 1. The molecule has 3 atom stereocenters. The Labute approximate surface area is 515 Å². The van der Waals surface area contributed by atoms with Gasteiger partial charge >= 0.3 is 25.7 Å². The predicted octanol–water partition coefficient (Wildman–Crippen LogP) is 21.4. The molecular weight excluding hydrogens is 1070 g/mol. The van der Waals surface area contributed by atoms with E-state index in [1.165, 1.54) is 122 Å². The second-order valence-corrected chi connectivity index (χ2v) is 24.4. The highest BCUT2D eigenvalue weighted by Gasteiger charge is 2.28. The largest absolute Gasteiger partial charge is 0.472 e. The fraction of sp³-hybridized carbons (Fsp3) is 0.764. The van der Waals surface area contributed by atoms with Crippen LogP contribution in [0.4, 0.5) is 0 Å². The van der Waals surface area contributed by atoms with E-state index in [0.717, 1.165) is 135 Å². The number of unbranched alkanes of at least 4 members (excludes halogenated alkanes) is 33. The molecule has 0 aromatic heterocycles. The molecule has 0 radical (unpaired) electrons. The fourth-order valence-corrected chi connectivity index (χ4v) is 10.4. The van der Waals surface area contributed by atoms with Crippen LogP contribution < -0.4 is 0 Å². The normalized spacial score (nSPS) is 13.7. The van der Waals surface area contributed by atoms with Gasteiger partial charge in [0.2, 0.25) is 0 Å². The third-order valence-corrected chi connectivity index (χ3v) is 15.8. The number of rotatable bonds is 64. The molecule has 84 heavy (non-hydrogen) atoms. The van der Waals surface area contributed by atoms with Gasteiger partial charge in [0.25, 0.3) is 0 Å². The minimum absolute atomic E-state index is 0.150. The van der Waals surface area contributed by atoms with Crippen molar-refractivity contribution >= 4 is 25.7 Å². The van der Waals surface area contributed by atoms with Gasteiger partial charge in [-0.3, -0.25) is 23.4 Å². The standard InChI is InChI=1S/C72H127O11P/c1-4-7-10-13-16-19-22-25-28-31-34-37-40-43-46-49-52-55-58-61-70(74)79-65-69(83-72(76)63-60-57-54-51-48-45-42-39-36-33-30-27-24-21-18-15-12-9-6-3)67-81-84(77,78)80-66-68(64-73)82-71(75)62-59-56-53-50-47-44-41-38-35-32-29-26-23-20-17-14-11-8-5-2/h9,12,17-18,20-21,26-27,29-30,35-36,38-39,68-69,73H,4-8,10-11,13-16,19,22-25,28,31-34,37,40-67H2,1-3H3,(H,77,78)/b12-9-,20-17-,21-18-,29-26-,30-27-,38-35-,39-36-. The van der Waals surface area contributed by atoms with E-state index in [-0.39, 0.29) is 25.9 Å². The van der Waals surface area contributed by atoms with Gasteiger partial charge < -0.3 is 24.2 Å². The van der Waals surface area contributed by atoms with Crippen molar-refractivity contribution < 1.29 is 52.2 Å². The van der Waals surface area contributed by atoms with Gasteiger partial charge in [-0.25, -0.2) is 4.57 Å². The highest BCUT2D eigenvalue weighted by Crippen LogP contribution is 2.43. The van der Waals surface area contributed by atoms with Crippen molar-refractivity contribution in [2.45, 2.75) is 328 Å². The van der Waals surface area contributed by atoms with Crippen LogP contribution in [-0.2, 0) is 42.2 Å². The number of esters is 3. The van der Waals surface area contributed by atoms with Crippen LogP contribution in [0.3, 0.4) is 0 Å². The molecule has 0 aromatic carbocycles. The topological polar surface area (TPSA) is 155 Å². The van der Waals surface area contributed by atoms with Crippen LogP contribution >= 0.6 is 7.82 Å². The number of allylic oxidation sites excluding steroid dienone is 14. The third-order valence-electron chi connectivity index (χ3n) is 14.8. The summed E-state index contributed by atoms with van der Waals surface area (Å²) in [6, 6.07) is 0. The molecule has 0 saturated heterocycles. The van der Waals surface area contributed by atoms with E-state index in [1.54, 1.807) is 0 Å². The predicted molar refractivity (Wildman–Crippen MR) is 353 cm³/mol. The molecule has 3 unspecified atom stereocenters. The number of hydrogen-bond acceptors (Lipinski definition) is 10. The summed E-state index contributed by atoms with van der Waals surface area (Å²) < 4.78 is 39.8. The summed E-state index contributed by atoms with van der Waals surface area (Å²) in [5, 5.41) is 9.88. The van der Waals surface area contributed by atoms with E-state index < -0.39 is 57.8 Å². The Kier molecular flexibility index (Phi) is 63.0. The second-order valence-electron chi connectivity index (χ2n) is 23.0. The van der Waals surface area contributed by atoms with Crippen LogP contribution in [0.5, 0.6) is 0 Å². The van der Waals surface area contributed by atoms with Crippen LogP contribution in [0.1, 0.15) is 316 Å². The molecule has 486 valence electrons. The van der Waals surface area contributed by atoms with Crippen molar-refractivity contribution in [3.63, 3.8) is 0 Å². The maximum absolute atomic E-state index is 13.0. The molecule has 11 nitrogen and oxygen atoms in total. The van der Waals surface area contributed by atoms with E-state index in [0.29, 0.717) is 19.3 Å². The van der Waals surface area contributed by atoms with Gasteiger partial charge in [0, 0.05) is 19.3 Å². The summed E-state index contributed by atoms with van der Waals surface area (Å²) >= 11 is 0. The molecule has 0 aliphatic carbocycles. The Morgan fingerprint density at radius 3 is 0.976 bits per heavy atom. The minimum atomic E-state index is -4.77. The zero-order valence-electron chi connectivity index (χ0n) is 54.1. The molecule has 0 aliphatic heterocycles. The Morgan fingerprint density at radius 2 is 0.619 bits per heavy atom. The lowest BCUT2D eigenvalue weighted by molar-refractivity contribution is -0.161. The molecule has 0 rings (SSSR count). The van der Waals surface area contributed by atoms with Gasteiger partial charge in [-0.05, 0) is 96.3 Å². The maximum Gasteiger partial charge on any atom is 0.472 e. The first-order valence-corrected chi connectivity index (χ1v) is 36.0. The zero-order valence-corrected chi connectivity index (χ0v) is 55.0. The smallest absolute Gasteiger partial charge is 0.462 e. The molecule has 0 heterocycles. The average molecular weight is 1200 g/mol. The molecule has 12 heteroatoms. The monoisotopic (exact) mass is 1200 g/mol. The second kappa shape index (κ2) is 65.6. The van der Waals surface area contributed by atoms with E-state index in [4.69, 9.17) is 23.3 Å². The lowest BCUT2D eigenvalue weighted by Gasteiger charge is -2.21. The van der Waals surface area contributed by atoms with Crippen LogP contribution in [0, 0.1) is 0 Å². The molecule has 0 amide bonds. The number of phosphoric acid groups is 1. The van der Waals surface area contributed by atoms with Crippen molar-refractivity contribution in [1.29, 1.82) is 0 Å². The number of hydrogen-bond donors (Lipinski definition) is 2. The van der Waals surface area contributed by atoms with Crippen LogP contribution in [0.15, 0.2) is 85.1 Å². The number of carbonyl (C=O) groups excluding carboxylic acids is 3. The van der Waals surface area contributed by atoms with Gasteiger partial charge in [0.15, 0.2) is 6.10 Å². The molecular formula is C72H127O11P. The summed E-state index contributed by atoms with van der Waals surface area (Å²) in [4.78, 5) is 48.9. The zero-order chi connectivity index (χ0) is 61.2. The van der Waals surface area contributed by atoms with E-state index in [9.17, 15) is 28.9 Å². The summed E-state index contributed by atoms with van der Waals surface area (Å²) in [5.41, 5.74) is 0. The Balaban J connectivity index is 4.70. The highest BCUT2D eigenvalue weighted by molar-refractivity contribution is 7.47.